The van der Waals surface area contributed by atoms with E-state index in [1.807, 2.05) is 18.2 Å². The summed E-state index contributed by atoms with van der Waals surface area (Å²) in [4.78, 5) is 0. The summed E-state index contributed by atoms with van der Waals surface area (Å²) in [5, 5.41) is 13.5. The summed E-state index contributed by atoms with van der Waals surface area (Å²) in [6.07, 6.45) is 0. The topological polar surface area (TPSA) is 41.5 Å². The number of hydrogen-bond donors (Lipinski definition) is 2. The van der Waals surface area contributed by atoms with Gasteiger partial charge in [0.15, 0.2) is 0 Å². The molecular formula is C14H13Cl2NO2. The Morgan fingerprint density at radius 1 is 1.16 bits per heavy atom. The van der Waals surface area contributed by atoms with Crippen LogP contribution in [-0.2, 0) is 6.54 Å². The van der Waals surface area contributed by atoms with Crippen LogP contribution >= 0.6 is 23.2 Å². The third-order valence-electron chi connectivity index (χ3n) is 2.71. The molecule has 5 heteroatoms. The molecule has 0 amide bonds. The van der Waals surface area contributed by atoms with E-state index in [0.29, 0.717) is 16.6 Å². The number of benzene rings is 2. The largest absolute Gasteiger partial charge is 0.506 e. The monoisotopic (exact) mass is 297 g/mol. The average Bonchev–Trinajstić information content (AvgIpc) is 2.41. The van der Waals surface area contributed by atoms with Gasteiger partial charge in [-0.1, -0.05) is 29.3 Å². The first-order valence-corrected chi connectivity index (χ1v) is 6.41. The molecule has 2 N–H and O–H groups in total. The van der Waals surface area contributed by atoms with Crippen LogP contribution in [0.4, 0.5) is 5.69 Å². The summed E-state index contributed by atoms with van der Waals surface area (Å²) in [6, 6.07) is 10.4. The van der Waals surface area contributed by atoms with Crippen LogP contribution in [0.15, 0.2) is 36.4 Å². The van der Waals surface area contributed by atoms with E-state index < -0.39 is 0 Å². The highest BCUT2D eigenvalue weighted by Crippen LogP contribution is 2.29. The molecule has 0 unspecified atom stereocenters. The van der Waals surface area contributed by atoms with E-state index >= 15 is 0 Å². The van der Waals surface area contributed by atoms with Gasteiger partial charge < -0.3 is 15.2 Å². The number of hydrogen-bond acceptors (Lipinski definition) is 3. The molecule has 0 spiro atoms. The van der Waals surface area contributed by atoms with Crippen molar-refractivity contribution in [1.82, 2.24) is 0 Å². The highest BCUT2D eigenvalue weighted by molar-refractivity contribution is 6.32. The second-order valence-electron chi connectivity index (χ2n) is 3.94. The van der Waals surface area contributed by atoms with Crippen LogP contribution in [0, 0.1) is 0 Å². The van der Waals surface area contributed by atoms with Crippen LogP contribution in [0.3, 0.4) is 0 Å². The van der Waals surface area contributed by atoms with E-state index in [2.05, 4.69) is 5.32 Å². The quantitative estimate of drug-likeness (QED) is 0.826. The van der Waals surface area contributed by atoms with Crippen LogP contribution in [-0.4, -0.2) is 12.2 Å². The van der Waals surface area contributed by atoms with Crippen LogP contribution in [0.25, 0.3) is 0 Å². The number of aromatic hydroxyl groups is 1. The van der Waals surface area contributed by atoms with Crippen molar-refractivity contribution >= 4 is 28.9 Å². The van der Waals surface area contributed by atoms with Gasteiger partial charge in [0.1, 0.15) is 11.5 Å². The van der Waals surface area contributed by atoms with Gasteiger partial charge >= 0.3 is 0 Å². The average molecular weight is 298 g/mol. The number of halogens is 2. The molecule has 0 radical (unpaired) electrons. The molecule has 0 fully saturated rings. The minimum Gasteiger partial charge on any atom is -0.506 e. The number of anilines is 1. The van der Waals surface area contributed by atoms with Gasteiger partial charge in [0.05, 0.1) is 12.1 Å². The fraction of sp³-hybridized carbons (Fsp3) is 0.143. The van der Waals surface area contributed by atoms with Gasteiger partial charge in [-0.2, -0.15) is 0 Å². The predicted octanol–water partition coefficient (Wildman–Crippen LogP) is 4.32. The SMILES string of the molecule is COc1cccc(Cl)c1CNc1ccc(O)c(Cl)c1. The molecular weight excluding hydrogens is 285 g/mol. The standard InChI is InChI=1S/C14H13Cl2NO2/c1-19-14-4-2-3-11(15)10(14)8-17-9-5-6-13(18)12(16)7-9/h2-7,17-18H,8H2,1H3. The van der Waals surface area contributed by atoms with Crippen molar-refractivity contribution in [3.63, 3.8) is 0 Å². The normalized spacial score (nSPS) is 10.3. The van der Waals surface area contributed by atoms with Crippen LogP contribution in [0.1, 0.15) is 5.56 Å². The summed E-state index contributed by atoms with van der Waals surface area (Å²) in [7, 11) is 1.60. The lowest BCUT2D eigenvalue weighted by atomic mass is 10.2. The van der Waals surface area contributed by atoms with E-state index in [-0.39, 0.29) is 5.75 Å². The van der Waals surface area contributed by atoms with Gasteiger partial charge in [-0.3, -0.25) is 0 Å². The van der Waals surface area contributed by atoms with E-state index in [9.17, 15) is 5.11 Å². The van der Waals surface area contributed by atoms with Crippen molar-refractivity contribution in [1.29, 1.82) is 0 Å². The highest BCUT2D eigenvalue weighted by atomic mass is 35.5. The first kappa shape index (κ1) is 13.8. The zero-order valence-corrected chi connectivity index (χ0v) is 11.8. The molecule has 0 aromatic heterocycles. The lowest BCUT2D eigenvalue weighted by Gasteiger charge is -2.12. The van der Waals surface area contributed by atoms with Gasteiger partial charge in [0.2, 0.25) is 0 Å². The van der Waals surface area contributed by atoms with Gasteiger partial charge in [-0.05, 0) is 30.3 Å². The lowest BCUT2D eigenvalue weighted by Crippen LogP contribution is -2.02. The van der Waals surface area contributed by atoms with Crippen molar-refractivity contribution in [2.24, 2.45) is 0 Å². The minimum atomic E-state index is 0.0579. The number of ether oxygens (including phenoxy) is 1. The Morgan fingerprint density at radius 2 is 1.95 bits per heavy atom. The van der Waals surface area contributed by atoms with Gasteiger partial charge in [0.25, 0.3) is 0 Å². The lowest BCUT2D eigenvalue weighted by molar-refractivity contribution is 0.410. The molecule has 2 rings (SSSR count). The highest BCUT2D eigenvalue weighted by Gasteiger charge is 2.07. The number of nitrogens with one attached hydrogen (secondary N) is 1. The zero-order valence-electron chi connectivity index (χ0n) is 10.3. The van der Waals surface area contributed by atoms with E-state index in [1.54, 1.807) is 19.2 Å². The molecule has 0 saturated carbocycles. The molecule has 2 aromatic carbocycles. The summed E-state index contributed by atoms with van der Waals surface area (Å²) < 4.78 is 5.27. The summed E-state index contributed by atoms with van der Waals surface area (Å²) in [6.45, 7) is 0.504. The second-order valence-corrected chi connectivity index (χ2v) is 4.75. The Labute approximate surface area is 121 Å². The van der Waals surface area contributed by atoms with E-state index in [1.165, 1.54) is 6.07 Å². The summed E-state index contributed by atoms with van der Waals surface area (Å²) in [5.74, 6) is 0.785. The second kappa shape index (κ2) is 6.04. The summed E-state index contributed by atoms with van der Waals surface area (Å²) in [5.41, 5.74) is 1.67. The number of phenols is 1. The Kier molecular flexibility index (Phi) is 4.40. The van der Waals surface area contributed by atoms with Crippen molar-refractivity contribution in [3.8, 4) is 11.5 Å². The fourth-order valence-corrected chi connectivity index (χ4v) is 2.12. The molecule has 0 aliphatic carbocycles. The van der Waals surface area contributed by atoms with E-state index in [0.717, 1.165) is 17.0 Å². The molecule has 2 aromatic rings. The Balaban J connectivity index is 2.16. The van der Waals surface area contributed by atoms with Crippen LogP contribution in [0.5, 0.6) is 11.5 Å². The maximum atomic E-state index is 9.35. The number of phenolic OH excluding ortho intramolecular Hbond substituents is 1. The maximum Gasteiger partial charge on any atom is 0.134 e. The number of methoxy groups -OCH3 is 1. The molecule has 0 bridgehead atoms. The molecule has 0 heterocycles. The van der Waals surface area contributed by atoms with Gasteiger partial charge in [-0.15, -0.1) is 0 Å². The van der Waals surface area contributed by atoms with Crippen LogP contribution < -0.4 is 10.1 Å². The van der Waals surface area contributed by atoms with E-state index in [4.69, 9.17) is 27.9 Å². The third kappa shape index (κ3) is 3.25. The fourth-order valence-electron chi connectivity index (χ4n) is 1.71. The molecule has 100 valence electrons. The third-order valence-corrected chi connectivity index (χ3v) is 3.37. The van der Waals surface area contributed by atoms with Crippen molar-refractivity contribution in [2.45, 2.75) is 6.54 Å². The van der Waals surface area contributed by atoms with Crippen molar-refractivity contribution in [2.75, 3.05) is 12.4 Å². The van der Waals surface area contributed by atoms with Crippen molar-refractivity contribution in [3.05, 3.63) is 52.0 Å². The maximum absolute atomic E-state index is 9.35. The Hall–Kier alpha value is -1.58. The molecule has 19 heavy (non-hydrogen) atoms. The molecule has 0 saturated heterocycles. The molecule has 0 aliphatic heterocycles. The number of rotatable bonds is 4. The zero-order chi connectivity index (χ0) is 13.8. The van der Waals surface area contributed by atoms with Crippen molar-refractivity contribution < 1.29 is 9.84 Å². The molecule has 0 aliphatic rings. The van der Waals surface area contributed by atoms with Crippen LogP contribution in [0.2, 0.25) is 10.0 Å². The van der Waals surface area contributed by atoms with Gasteiger partial charge in [0, 0.05) is 22.8 Å². The predicted molar refractivity (Wildman–Crippen MR) is 78.4 cm³/mol. The molecule has 0 atom stereocenters. The molecule has 3 nitrogen and oxygen atoms in total. The minimum absolute atomic E-state index is 0.0579. The summed E-state index contributed by atoms with van der Waals surface area (Å²) >= 11 is 12.0. The Bertz CT molecular complexity index is 588. The first-order chi connectivity index (χ1) is 9.11. The first-order valence-electron chi connectivity index (χ1n) is 5.65. The smallest absolute Gasteiger partial charge is 0.134 e. The Morgan fingerprint density at radius 3 is 2.63 bits per heavy atom. The van der Waals surface area contributed by atoms with Gasteiger partial charge in [-0.25, -0.2) is 0 Å².